The number of para-hydroxylation sites is 2. The van der Waals surface area contributed by atoms with Crippen molar-refractivity contribution in [1.29, 1.82) is 0 Å². The zero-order chi connectivity index (χ0) is 30.8. The number of benzene rings is 7. The van der Waals surface area contributed by atoms with Crippen LogP contribution in [0.3, 0.4) is 0 Å². The highest BCUT2D eigenvalue weighted by Crippen LogP contribution is 2.49. The lowest BCUT2D eigenvalue weighted by molar-refractivity contribution is 0.633. The van der Waals surface area contributed by atoms with Gasteiger partial charge in [0.1, 0.15) is 11.2 Å². The molecule has 0 bridgehead atoms. The summed E-state index contributed by atoms with van der Waals surface area (Å²) in [5.74, 6) is 0.175. The summed E-state index contributed by atoms with van der Waals surface area (Å²) in [5.41, 5.74) is 13.3. The van der Waals surface area contributed by atoms with Gasteiger partial charge >= 0.3 is 0 Å². The number of hydrogen-bond acceptors (Lipinski definition) is 2. The van der Waals surface area contributed by atoms with Gasteiger partial charge in [-0.15, -0.1) is 0 Å². The van der Waals surface area contributed by atoms with Gasteiger partial charge in [-0.1, -0.05) is 91.0 Å². The van der Waals surface area contributed by atoms with Crippen molar-refractivity contribution in [1.82, 2.24) is 4.57 Å². The van der Waals surface area contributed by atoms with Crippen LogP contribution in [0.25, 0.3) is 82.5 Å². The van der Waals surface area contributed by atoms with Crippen LogP contribution in [0.15, 0.2) is 153 Å². The molecule has 10 aromatic rings. The van der Waals surface area contributed by atoms with Crippen LogP contribution in [0.1, 0.15) is 22.6 Å². The Morgan fingerprint density at radius 2 is 1.09 bits per heavy atom. The van der Waals surface area contributed by atoms with Crippen molar-refractivity contribution in [3.63, 3.8) is 0 Å². The summed E-state index contributed by atoms with van der Waals surface area (Å²) < 4.78 is 16.6. The van der Waals surface area contributed by atoms with Gasteiger partial charge in [0.25, 0.3) is 0 Å². The van der Waals surface area contributed by atoms with Gasteiger partial charge in [0.15, 0.2) is 11.2 Å². The maximum absolute atomic E-state index is 6.61. The van der Waals surface area contributed by atoms with Gasteiger partial charge in [-0.05, 0) is 92.3 Å². The second kappa shape index (κ2) is 9.25. The van der Waals surface area contributed by atoms with E-state index in [1.807, 2.05) is 0 Å². The van der Waals surface area contributed by atoms with E-state index in [1.54, 1.807) is 0 Å². The van der Waals surface area contributed by atoms with Gasteiger partial charge in [0.05, 0.1) is 11.0 Å². The Labute approximate surface area is 277 Å². The summed E-state index contributed by atoms with van der Waals surface area (Å²) in [4.78, 5) is 0. The van der Waals surface area contributed by atoms with E-state index in [-0.39, 0.29) is 5.92 Å². The summed E-state index contributed by atoms with van der Waals surface area (Å²) in [6.07, 6.45) is 0. The van der Waals surface area contributed by atoms with Crippen LogP contribution in [0.2, 0.25) is 0 Å². The number of nitrogens with zero attached hydrogens (tertiary/aromatic N) is 1. The first-order chi connectivity index (χ1) is 23.2. The number of furan rings is 2. The largest absolute Gasteiger partial charge is 0.452 e. The summed E-state index contributed by atoms with van der Waals surface area (Å²) in [7, 11) is 0. The number of aromatic nitrogens is 1. The van der Waals surface area contributed by atoms with Gasteiger partial charge in [0, 0.05) is 48.4 Å². The lowest BCUT2D eigenvalue weighted by atomic mass is 9.88. The fraction of sp³-hybridized carbons (Fsp3) is 0.0233. The molecule has 3 heterocycles. The minimum absolute atomic E-state index is 0.175. The maximum atomic E-state index is 6.61. The monoisotopic (exact) mass is 665 g/mol. The standard InChI is InChI=1S/C43H24BrNO2/c44-35-23-33-32-21-24(40-30-13-3-1-9-26(30)27-10-2-4-14-31(27)40)17-19-38(32)46-42(33)43-41(35)34-22-25(18-20-39(34)47-43)45-36-15-7-5-11-28(36)29-12-6-8-16-37(29)45/h1-23,40H. The first-order valence-electron chi connectivity index (χ1n) is 15.9. The molecular weight excluding hydrogens is 642 g/mol. The molecule has 4 heteroatoms. The van der Waals surface area contributed by atoms with Crippen molar-refractivity contribution in [2.45, 2.75) is 5.92 Å². The van der Waals surface area contributed by atoms with Crippen molar-refractivity contribution in [3.8, 4) is 16.8 Å². The van der Waals surface area contributed by atoms with Gasteiger partial charge in [-0.3, -0.25) is 0 Å². The molecule has 7 aromatic carbocycles. The Morgan fingerprint density at radius 3 is 1.81 bits per heavy atom. The fourth-order valence-corrected chi connectivity index (χ4v) is 8.78. The van der Waals surface area contributed by atoms with E-state index < -0.39 is 0 Å². The molecular formula is C43H24BrNO2. The van der Waals surface area contributed by atoms with Crippen LogP contribution in [-0.2, 0) is 0 Å². The van der Waals surface area contributed by atoms with Crippen LogP contribution in [0.5, 0.6) is 0 Å². The van der Waals surface area contributed by atoms with E-state index in [1.165, 1.54) is 49.6 Å². The maximum Gasteiger partial charge on any atom is 0.179 e. The molecule has 0 saturated heterocycles. The number of hydrogen-bond donors (Lipinski definition) is 0. The van der Waals surface area contributed by atoms with Gasteiger partial charge in [0.2, 0.25) is 0 Å². The topological polar surface area (TPSA) is 31.2 Å². The predicted octanol–water partition coefficient (Wildman–Crippen LogP) is 12.5. The van der Waals surface area contributed by atoms with Crippen LogP contribution < -0.4 is 0 Å². The Bertz CT molecular complexity index is 2840. The normalized spacial score (nSPS) is 13.1. The molecule has 11 rings (SSSR count). The highest BCUT2D eigenvalue weighted by Gasteiger charge is 2.30. The van der Waals surface area contributed by atoms with Crippen LogP contribution in [0.4, 0.5) is 0 Å². The van der Waals surface area contributed by atoms with Crippen LogP contribution in [0, 0.1) is 0 Å². The highest BCUT2D eigenvalue weighted by atomic mass is 79.9. The second-order valence-electron chi connectivity index (χ2n) is 12.6. The Morgan fingerprint density at radius 1 is 0.489 bits per heavy atom. The molecule has 0 unspecified atom stereocenters. The minimum atomic E-state index is 0.175. The number of rotatable bonds is 2. The Balaban J connectivity index is 1.12. The van der Waals surface area contributed by atoms with Crippen molar-refractivity contribution >= 4 is 81.6 Å². The molecule has 0 radical (unpaired) electrons. The number of halogens is 1. The smallest absolute Gasteiger partial charge is 0.179 e. The van der Waals surface area contributed by atoms with Crippen LogP contribution >= 0.6 is 15.9 Å². The Kier molecular flexibility index (Phi) is 5.04. The SMILES string of the molecule is Brc1cc2c3cc(C4c5ccccc5-c5ccccc54)ccc3oc2c2oc3ccc(-n4c5ccccc5c5ccccc54)cc3c12. The van der Waals surface area contributed by atoms with Gasteiger partial charge in [-0.2, -0.15) is 0 Å². The first-order valence-corrected chi connectivity index (χ1v) is 16.7. The summed E-state index contributed by atoms with van der Waals surface area (Å²) in [5, 5.41) is 6.70. The summed E-state index contributed by atoms with van der Waals surface area (Å²) >= 11 is 3.96. The fourth-order valence-electron chi connectivity index (χ4n) is 8.16. The predicted molar refractivity (Wildman–Crippen MR) is 196 cm³/mol. The minimum Gasteiger partial charge on any atom is -0.452 e. The van der Waals surface area contributed by atoms with Crippen molar-refractivity contribution < 1.29 is 8.83 Å². The molecule has 0 fully saturated rings. The zero-order valence-electron chi connectivity index (χ0n) is 25.0. The summed E-state index contributed by atoms with van der Waals surface area (Å²) in [6, 6.07) is 50.1. The van der Waals surface area contributed by atoms with Gasteiger partial charge < -0.3 is 13.4 Å². The molecule has 1 aliphatic rings. The van der Waals surface area contributed by atoms with Crippen molar-refractivity contribution in [2.24, 2.45) is 0 Å². The number of fused-ring (bicyclic) bond motifs is 13. The average Bonchev–Trinajstić information content (AvgIpc) is 3.86. The third-order valence-electron chi connectivity index (χ3n) is 10.1. The van der Waals surface area contributed by atoms with E-state index in [0.29, 0.717) is 0 Å². The Hall–Kier alpha value is -5.58. The molecule has 0 atom stereocenters. The molecule has 3 nitrogen and oxygen atoms in total. The zero-order valence-corrected chi connectivity index (χ0v) is 26.6. The van der Waals surface area contributed by atoms with Crippen LogP contribution in [-0.4, -0.2) is 4.57 Å². The van der Waals surface area contributed by atoms with Crippen molar-refractivity contribution in [3.05, 3.63) is 161 Å². The average molecular weight is 667 g/mol. The van der Waals surface area contributed by atoms with E-state index >= 15 is 0 Å². The second-order valence-corrected chi connectivity index (χ2v) is 13.4. The molecule has 0 amide bonds. The van der Waals surface area contributed by atoms with E-state index in [9.17, 15) is 0 Å². The molecule has 0 aliphatic heterocycles. The lowest BCUT2D eigenvalue weighted by Crippen LogP contribution is -1.98. The molecule has 220 valence electrons. The lowest BCUT2D eigenvalue weighted by Gasteiger charge is -2.14. The van der Waals surface area contributed by atoms with E-state index in [2.05, 4.69) is 160 Å². The molecule has 47 heavy (non-hydrogen) atoms. The van der Waals surface area contributed by atoms with E-state index in [4.69, 9.17) is 8.83 Å². The first kappa shape index (κ1) is 25.6. The third-order valence-corrected chi connectivity index (χ3v) is 10.8. The molecule has 3 aromatic heterocycles. The third kappa shape index (κ3) is 3.40. The molecule has 0 saturated carbocycles. The molecule has 0 N–H and O–H groups in total. The molecule has 0 spiro atoms. The summed E-state index contributed by atoms with van der Waals surface area (Å²) in [6.45, 7) is 0. The highest BCUT2D eigenvalue weighted by molar-refractivity contribution is 9.10. The molecule has 1 aliphatic carbocycles. The quantitative estimate of drug-likeness (QED) is 0.184. The van der Waals surface area contributed by atoms with E-state index in [0.717, 1.165) is 54.0 Å². The van der Waals surface area contributed by atoms with Crippen molar-refractivity contribution in [2.75, 3.05) is 0 Å². The van der Waals surface area contributed by atoms with Gasteiger partial charge in [-0.25, -0.2) is 0 Å².